The van der Waals surface area contributed by atoms with Gasteiger partial charge in [0.05, 0.1) is 0 Å². The molecule has 2 rings (SSSR count). The number of hydrogen-bond acceptors (Lipinski definition) is 4. The Morgan fingerprint density at radius 1 is 1.18 bits per heavy atom. The molecule has 0 aliphatic heterocycles. The Bertz CT molecular complexity index is 784. The van der Waals surface area contributed by atoms with Gasteiger partial charge in [0.15, 0.2) is 11.2 Å². The molecule has 0 aliphatic carbocycles. The van der Waals surface area contributed by atoms with E-state index in [1.165, 1.54) is 4.57 Å². The average molecular weight is 307 g/mol. The van der Waals surface area contributed by atoms with E-state index >= 15 is 0 Å². The molecule has 7 nitrogen and oxygen atoms in total. The Morgan fingerprint density at radius 2 is 1.86 bits per heavy atom. The first kappa shape index (κ1) is 16.5. The molecular weight excluding hydrogens is 282 g/mol. The van der Waals surface area contributed by atoms with Gasteiger partial charge in [-0.05, 0) is 20.3 Å². The minimum atomic E-state index is -0.283. The van der Waals surface area contributed by atoms with E-state index in [2.05, 4.69) is 4.98 Å². The molecule has 1 unspecified atom stereocenters. The summed E-state index contributed by atoms with van der Waals surface area (Å²) in [7, 11) is 0. The van der Waals surface area contributed by atoms with E-state index in [0.29, 0.717) is 37.2 Å². The molecular formula is C15H25N5O2. The van der Waals surface area contributed by atoms with Crippen LogP contribution in [0.2, 0.25) is 0 Å². The van der Waals surface area contributed by atoms with Crippen LogP contribution in [0.3, 0.4) is 0 Å². The number of rotatable bonds is 6. The topological polar surface area (TPSA) is 87.8 Å². The molecule has 0 aromatic carbocycles. The predicted octanol–water partition coefficient (Wildman–Crippen LogP) is 0.872. The number of aryl methyl sites for hydroxylation is 2. The number of aromatic nitrogens is 4. The van der Waals surface area contributed by atoms with Gasteiger partial charge in [0.1, 0.15) is 5.82 Å². The molecule has 2 N–H and O–H groups in total. The smallest absolute Gasteiger partial charge is 0.328 e. The minimum absolute atomic E-state index is 0.0365. The van der Waals surface area contributed by atoms with Crippen molar-refractivity contribution in [2.24, 2.45) is 5.73 Å². The molecule has 2 aromatic rings. The third-order valence-corrected chi connectivity index (χ3v) is 3.99. The molecule has 0 fully saturated rings. The quantitative estimate of drug-likeness (QED) is 0.858. The zero-order valence-corrected chi connectivity index (χ0v) is 13.8. The summed E-state index contributed by atoms with van der Waals surface area (Å²) < 4.78 is 4.79. The number of hydrogen-bond donors (Lipinski definition) is 1. The summed E-state index contributed by atoms with van der Waals surface area (Å²) in [6.45, 7) is 9.07. The lowest BCUT2D eigenvalue weighted by Crippen LogP contribution is -2.40. The van der Waals surface area contributed by atoms with Crippen molar-refractivity contribution in [2.45, 2.75) is 59.7 Å². The van der Waals surface area contributed by atoms with Crippen molar-refractivity contribution >= 4 is 11.2 Å². The van der Waals surface area contributed by atoms with Gasteiger partial charge in [-0.25, -0.2) is 9.78 Å². The number of nitrogens with two attached hydrogens (primary N) is 1. The normalized spacial score (nSPS) is 13.0. The van der Waals surface area contributed by atoms with Crippen LogP contribution in [0.15, 0.2) is 9.59 Å². The Morgan fingerprint density at radius 3 is 2.36 bits per heavy atom. The Hall–Kier alpha value is -1.89. The second-order valence-electron chi connectivity index (χ2n) is 5.49. The molecule has 0 saturated heterocycles. The van der Waals surface area contributed by atoms with E-state index in [4.69, 9.17) is 5.73 Å². The van der Waals surface area contributed by atoms with Crippen LogP contribution in [0, 0.1) is 0 Å². The highest BCUT2D eigenvalue weighted by atomic mass is 16.2. The van der Waals surface area contributed by atoms with Crippen LogP contribution in [0.5, 0.6) is 0 Å². The van der Waals surface area contributed by atoms with Crippen LogP contribution in [0.1, 0.15) is 46.0 Å². The van der Waals surface area contributed by atoms with E-state index < -0.39 is 0 Å². The van der Waals surface area contributed by atoms with E-state index in [9.17, 15) is 9.59 Å². The summed E-state index contributed by atoms with van der Waals surface area (Å²) in [4.78, 5) is 29.9. The summed E-state index contributed by atoms with van der Waals surface area (Å²) in [5.41, 5.74) is 6.22. The molecule has 0 aliphatic rings. The van der Waals surface area contributed by atoms with Gasteiger partial charge >= 0.3 is 5.69 Å². The largest absolute Gasteiger partial charge is 0.332 e. The standard InChI is InChI=1S/C15H25N5O2/c1-5-8-19-13-12(14(21)18(7-3)15(19)22)20(10(4)9-16)11(6-2)17-13/h10H,5-9,16H2,1-4H3. The van der Waals surface area contributed by atoms with Crippen molar-refractivity contribution in [3.05, 3.63) is 26.7 Å². The molecule has 0 saturated carbocycles. The SMILES string of the molecule is CCCn1c(=O)n(CC)c(=O)c2c1nc(CC)n2C(C)CN. The summed E-state index contributed by atoms with van der Waals surface area (Å²) in [5, 5.41) is 0. The Labute approximate surface area is 129 Å². The van der Waals surface area contributed by atoms with Gasteiger partial charge < -0.3 is 10.3 Å². The van der Waals surface area contributed by atoms with Crippen LogP contribution in [-0.2, 0) is 19.5 Å². The van der Waals surface area contributed by atoms with E-state index in [1.807, 2.05) is 25.3 Å². The Balaban J connectivity index is 3.01. The molecule has 7 heteroatoms. The monoisotopic (exact) mass is 307 g/mol. The predicted molar refractivity (Wildman–Crippen MR) is 87.4 cm³/mol. The van der Waals surface area contributed by atoms with E-state index in [0.717, 1.165) is 12.2 Å². The fourth-order valence-corrected chi connectivity index (χ4v) is 2.84. The third-order valence-electron chi connectivity index (χ3n) is 3.99. The van der Waals surface area contributed by atoms with Crippen LogP contribution in [0.4, 0.5) is 0 Å². The second kappa shape index (κ2) is 6.48. The highest BCUT2D eigenvalue weighted by Crippen LogP contribution is 2.18. The molecule has 1 atom stereocenters. The summed E-state index contributed by atoms with van der Waals surface area (Å²) in [6, 6.07) is -0.0365. The molecule has 2 heterocycles. The van der Waals surface area contributed by atoms with Crippen molar-refractivity contribution in [1.29, 1.82) is 0 Å². The van der Waals surface area contributed by atoms with Gasteiger partial charge in [-0.3, -0.25) is 13.9 Å². The minimum Gasteiger partial charge on any atom is -0.328 e. The first-order valence-corrected chi connectivity index (χ1v) is 7.96. The fraction of sp³-hybridized carbons (Fsp3) is 0.667. The van der Waals surface area contributed by atoms with Crippen molar-refractivity contribution in [3.63, 3.8) is 0 Å². The third kappa shape index (κ3) is 2.39. The van der Waals surface area contributed by atoms with Crippen molar-refractivity contribution in [3.8, 4) is 0 Å². The lowest BCUT2D eigenvalue weighted by atomic mass is 10.3. The van der Waals surface area contributed by atoms with Crippen molar-refractivity contribution < 1.29 is 0 Å². The zero-order valence-electron chi connectivity index (χ0n) is 13.8. The molecule has 122 valence electrons. The van der Waals surface area contributed by atoms with Gasteiger partial charge in [0.2, 0.25) is 0 Å². The van der Waals surface area contributed by atoms with E-state index in [-0.39, 0.29) is 17.3 Å². The fourth-order valence-electron chi connectivity index (χ4n) is 2.84. The maximum atomic E-state index is 12.8. The van der Waals surface area contributed by atoms with Gasteiger partial charge in [-0.1, -0.05) is 13.8 Å². The molecule has 0 bridgehead atoms. The highest BCUT2D eigenvalue weighted by molar-refractivity contribution is 5.71. The van der Waals surface area contributed by atoms with Gasteiger partial charge in [0.25, 0.3) is 5.56 Å². The summed E-state index contributed by atoms with van der Waals surface area (Å²) in [5.74, 6) is 0.795. The lowest BCUT2D eigenvalue weighted by Gasteiger charge is -2.15. The van der Waals surface area contributed by atoms with Gasteiger partial charge in [-0.2, -0.15) is 0 Å². The Kier molecular flexibility index (Phi) is 4.85. The summed E-state index contributed by atoms with van der Waals surface area (Å²) >= 11 is 0. The maximum Gasteiger partial charge on any atom is 0.332 e. The van der Waals surface area contributed by atoms with Crippen LogP contribution in [0.25, 0.3) is 11.2 Å². The van der Waals surface area contributed by atoms with Crippen molar-refractivity contribution in [1.82, 2.24) is 18.7 Å². The molecule has 0 amide bonds. The maximum absolute atomic E-state index is 12.8. The molecule has 2 aromatic heterocycles. The van der Waals surface area contributed by atoms with Crippen molar-refractivity contribution in [2.75, 3.05) is 6.54 Å². The first-order chi connectivity index (χ1) is 10.5. The molecule has 0 spiro atoms. The number of nitrogens with zero attached hydrogens (tertiary/aromatic N) is 4. The number of fused-ring (bicyclic) bond motifs is 1. The lowest BCUT2D eigenvalue weighted by molar-refractivity contribution is 0.542. The van der Waals surface area contributed by atoms with Crippen LogP contribution < -0.4 is 17.0 Å². The first-order valence-electron chi connectivity index (χ1n) is 7.96. The zero-order chi connectivity index (χ0) is 16.4. The van der Waals surface area contributed by atoms with E-state index in [1.54, 1.807) is 11.5 Å². The average Bonchev–Trinajstić information content (AvgIpc) is 2.90. The number of imidazole rings is 1. The second-order valence-corrected chi connectivity index (χ2v) is 5.49. The highest BCUT2D eigenvalue weighted by Gasteiger charge is 2.22. The summed E-state index contributed by atoms with van der Waals surface area (Å²) in [6.07, 6.45) is 1.49. The molecule has 22 heavy (non-hydrogen) atoms. The van der Waals surface area contributed by atoms with Crippen LogP contribution >= 0.6 is 0 Å². The molecule has 0 radical (unpaired) electrons. The van der Waals surface area contributed by atoms with Gasteiger partial charge in [-0.15, -0.1) is 0 Å². The van der Waals surface area contributed by atoms with Crippen LogP contribution in [-0.4, -0.2) is 25.2 Å². The van der Waals surface area contributed by atoms with Gasteiger partial charge in [0, 0.05) is 32.1 Å².